The van der Waals surface area contributed by atoms with E-state index in [1.54, 1.807) is 14.2 Å². The first kappa shape index (κ1) is 19.6. The molecular weight excluding hydrogens is 394 g/mol. The standard InChI is InChI=1S/C23H25N5O3/c1-29-19-11-15-17(12-20(19)30-2)25-21(27-22(15)24)13-28-9-7-14(8-10-28)23-26-16-5-3-4-6-18(16)31-23/h3-6,11-12,14H,7-10,13H2,1-2H3,(H2,24,25,27). The lowest BCUT2D eigenvalue weighted by Crippen LogP contribution is -2.33. The fourth-order valence-corrected chi connectivity index (χ4v) is 4.20. The van der Waals surface area contributed by atoms with Gasteiger partial charge in [0.25, 0.3) is 0 Å². The van der Waals surface area contributed by atoms with E-state index in [1.165, 1.54) is 0 Å². The number of rotatable bonds is 5. The molecule has 160 valence electrons. The molecule has 0 saturated carbocycles. The van der Waals surface area contributed by atoms with Gasteiger partial charge in [0, 0.05) is 17.4 Å². The molecule has 0 amide bonds. The fourth-order valence-electron chi connectivity index (χ4n) is 4.20. The van der Waals surface area contributed by atoms with Crippen LogP contribution in [0.2, 0.25) is 0 Å². The number of nitrogens with zero attached hydrogens (tertiary/aromatic N) is 4. The summed E-state index contributed by atoms with van der Waals surface area (Å²) in [5.41, 5.74) is 8.75. The Balaban J connectivity index is 1.30. The molecule has 4 aromatic rings. The number of methoxy groups -OCH3 is 2. The van der Waals surface area contributed by atoms with Crippen LogP contribution in [0.1, 0.15) is 30.5 Å². The molecule has 2 N–H and O–H groups in total. The molecule has 1 saturated heterocycles. The van der Waals surface area contributed by atoms with Crippen LogP contribution in [-0.2, 0) is 6.54 Å². The van der Waals surface area contributed by atoms with Crippen LogP contribution in [0.3, 0.4) is 0 Å². The maximum absolute atomic E-state index is 6.23. The smallest absolute Gasteiger partial charge is 0.198 e. The first-order chi connectivity index (χ1) is 15.1. The Bertz CT molecular complexity index is 1200. The molecule has 0 bridgehead atoms. The number of aromatic nitrogens is 3. The number of piperidine rings is 1. The molecule has 8 heteroatoms. The van der Waals surface area contributed by atoms with Crippen molar-refractivity contribution in [2.24, 2.45) is 0 Å². The van der Waals surface area contributed by atoms with Gasteiger partial charge in [0.1, 0.15) is 17.2 Å². The molecule has 5 rings (SSSR count). The summed E-state index contributed by atoms with van der Waals surface area (Å²) < 4.78 is 16.7. The van der Waals surface area contributed by atoms with E-state index in [0.717, 1.165) is 53.8 Å². The van der Waals surface area contributed by atoms with Crippen molar-refractivity contribution in [2.45, 2.75) is 25.3 Å². The highest BCUT2D eigenvalue weighted by molar-refractivity contribution is 5.90. The first-order valence-corrected chi connectivity index (χ1v) is 10.4. The minimum Gasteiger partial charge on any atom is -0.493 e. The normalized spacial score (nSPS) is 15.5. The van der Waals surface area contributed by atoms with E-state index in [1.807, 2.05) is 36.4 Å². The highest BCUT2D eigenvalue weighted by Gasteiger charge is 2.25. The van der Waals surface area contributed by atoms with Crippen LogP contribution in [0.5, 0.6) is 11.5 Å². The second-order valence-corrected chi connectivity index (χ2v) is 7.82. The highest BCUT2D eigenvalue weighted by atomic mass is 16.5. The summed E-state index contributed by atoms with van der Waals surface area (Å²) >= 11 is 0. The maximum Gasteiger partial charge on any atom is 0.198 e. The van der Waals surface area contributed by atoms with Gasteiger partial charge in [-0.05, 0) is 44.1 Å². The average Bonchev–Trinajstić information content (AvgIpc) is 3.23. The zero-order chi connectivity index (χ0) is 21.4. The van der Waals surface area contributed by atoms with Crippen LogP contribution < -0.4 is 15.2 Å². The first-order valence-electron chi connectivity index (χ1n) is 10.4. The zero-order valence-corrected chi connectivity index (χ0v) is 17.7. The van der Waals surface area contributed by atoms with Crippen molar-refractivity contribution < 1.29 is 13.9 Å². The lowest BCUT2D eigenvalue weighted by atomic mass is 9.97. The molecule has 0 radical (unpaired) electrons. The van der Waals surface area contributed by atoms with Crippen LogP contribution in [0.15, 0.2) is 40.8 Å². The number of para-hydroxylation sites is 2. The van der Waals surface area contributed by atoms with Crippen molar-refractivity contribution in [3.63, 3.8) is 0 Å². The monoisotopic (exact) mass is 419 g/mol. The van der Waals surface area contributed by atoms with Gasteiger partial charge in [-0.25, -0.2) is 15.0 Å². The summed E-state index contributed by atoms with van der Waals surface area (Å²) in [6.45, 7) is 2.50. The van der Waals surface area contributed by atoms with Gasteiger partial charge in [-0.3, -0.25) is 4.90 Å². The van der Waals surface area contributed by atoms with Crippen molar-refractivity contribution in [1.29, 1.82) is 0 Å². The largest absolute Gasteiger partial charge is 0.493 e. The summed E-state index contributed by atoms with van der Waals surface area (Å²) in [5, 5.41) is 0.760. The Morgan fingerprint density at radius 1 is 1.00 bits per heavy atom. The second kappa shape index (κ2) is 8.03. The van der Waals surface area contributed by atoms with Gasteiger partial charge in [-0.1, -0.05) is 12.1 Å². The zero-order valence-electron chi connectivity index (χ0n) is 17.7. The van der Waals surface area contributed by atoms with E-state index in [4.69, 9.17) is 24.6 Å². The number of anilines is 1. The van der Waals surface area contributed by atoms with Crippen molar-refractivity contribution in [2.75, 3.05) is 33.0 Å². The number of oxazole rings is 1. The molecule has 1 aliphatic heterocycles. The third-order valence-corrected chi connectivity index (χ3v) is 5.89. The van der Waals surface area contributed by atoms with Gasteiger partial charge in [-0.2, -0.15) is 0 Å². The number of hydrogen-bond donors (Lipinski definition) is 1. The van der Waals surface area contributed by atoms with Crippen LogP contribution in [0, 0.1) is 0 Å². The van der Waals surface area contributed by atoms with Gasteiger partial charge >= 0.3 is 0 Å². The van der Waals surface area contributed by atoms with E-state index in [2.05, 4.69) is 14.9 Å². The average molecular weight is 419 g/mol. The minimum atomic E-state index is 0.336. The molecule has 0 aliphatic carbocycles. The van der Waals surface area contributed by atoms with Crippen molar-refractivity contribution in [1.82, 2.24) is 19.9 Å². The van der Waals surface area contributed by atoms with E-state index < -0.39 is 0 Å². The Kier molecular flexibility index (Phi) is 5.07. The number of nitrogen functional groups attached to an aromatic ring is 1. The lowest BCUT2D eigenvalue weighted by molar-refractivity contribution is 0.190. The van der Waals surface area contributed by atoms with Crippen molar-refractivity contribution >= 4 is 27.8 Å². The molecule has 2 aromatic heterocycles. The molecule has 1 fully saturated rings. The van der Waals surface area contributed by atoms with Crippen LogP contribution in [0.25, 0.3) is 22.0 Å². The van der Waals surface area contributed by atoms with Gasteiger partial charge in [0.15, 0.2) is 23.0 Å². The molecular formula is C23H25N5O3. The topological polar surface area (TPSA) is 99.5 Å². The Labute approximate surface area is 180 Å². The Hall–Kier alpha value is -3.39. The lowest BCUT2D eigenvalue weighted by Gasteiger charge is -2.30. The Morgan fingerprint density at radius 3 is 2.48 bits per heavy atom. The van der Waals surface area contributed by atoms with Crippen molar-refractivity contribution in [3.8, 4) is 11.5 Å². The van der Waals surface area contributed by atoms with E-state index in [-0.39, 0.29) is 0 Å². The number of nitrogens with two attached hydrogens (primary N) is 1. The number of likely N-dealkylation sites (tertiary alicyclic amines) is 1. The third-order valence-electron chi connectivity index (χ3n) is 5.89. The summed E-state index contributed by atoms with van der Waals surface area (Å²) in [7, 11) is 3.20. The molecule has 0 atom stereocenters. The molecule has 2 aromatic carbocycles. The summed E-state index contributed by atoms with van der Waals surface area (Å²) in [6, 6.07) is 11.6. The number of benzene rings is 2. The molecule has 31 heavy (non-hydrogen) atoms. The van der Waals surface area contributed by atoms with Crippen molar-refractivity contribution in [3.05, 3.63) is 48.1 Å². The number of ether oxygens (including phenoxy) is 2. The molecule has 0 spiro atoms. The minimum absolute atomic E-state index is 0.336. The summed E-state index contributed by atoms with van der Waals surface area (Å²) in [4.78, 5) is 16.3. The van der Waals surface area contributed by atoms with E-state index in [0.29, 0.717) is 35.6 Å². The second-order valence-electron chi connectivity index (χ2n) is 7.82. The quantitative estimate of drug-likeness (QED) is 0.522. The van der Waals surface area contributed by atoms with Crippen LogP contribution in [-0.4, -0.2) is 47.2 Å². The highest BCUT2D eigenvalue weighted by Crippen LogP contribution is 2.34. The van der Waals surface area contributed by atoms with Gasteiger partial charge in [-0.15, -0.1) is 0 Å². The predicted octanol–water partition coefficient (Wildman–Crippen LogP) is 3.75. The summed E-state index contributed by atoms with van der Waals surface area (Å²) in [5.74, 6) is 3.56. The number of hydrogen-bond acceptors (Lipinski definition) is 8. The molecule has 0 unspecified atom stereocenters. The fraction of sp³-hybridized carbons (Fsp3) is 0.348. The SMILES string of the molecule is COc1cc2nc(CN3CCC(c4nc5ccccc5o4)CC3)nc(N)c2cc1OC. The summed E-state index contributed by atoms with van der Waals surface area (Å²) in [6.07, 6.45) is 1.97. The Morgan fingerprint density at radius 2 is 1.74 bits per heavy atom. The maximum atomic E-state index is 6.23. The number of fused-ring (bicyclic) bond motifs is 2. The van der Waals surface area contributed by atoms with Gasteiger partial charge in [0.05, 0.1) is 26.3 Å². The van der Waals surface area contributed by atoms with Crippen LogP contribution in [0.4, 0.5) is 5.82 Å². The molecule has 1 aliphatic rings. The van der Waals surface area contributed by atoms with Crippen LogP contribution >= 0.6 is 0 Å². The molecule has 8 nitrogen and oxygen atoms in total. The third kappa shape index (κ3) is 3.74. The van der Waals surface area contributed by atoms with Gasteiger partial charge in [0.2, 0.25) is 0 Å². The predicted molar refractivity (Wildman–Crippen MR) is 118 cm³/mol. The molecule has 3 heterocycles. The van der Waals surface area contributed by atoms with E-state index in [9.17, 15) is 0 Å². The van der Waals surface area contributed by atoms with Gasteiger partial charge < -0.3 is 19.6 Å². The van der Waals surface area contributed by atoms with E-state index >= 15 is 0 Å².